The van der Waals surface area contributed by atoms with Crippen molar-refractivity contribution in [1.29, 1.82) is 0 Å². The fraction of sp³-hybridized carbons (Fsp3) is 0.368. The molecular weight excluding hydrogens is 343 g/mol. The second-order valence-electron chi connectivity index (χ2n) is 6.28. The van der Waals surface area contributed by atoms with E-state index in [0.29, 0.717) is 22.8 Å². The standard InChI is InChI=1S/C19H22Cl2N2O/c20-18-5-4-15(11-19(18)21)13-24-17-6-8-23(9-7-17)12-14-2-1-3-16(22)10-14/h1-5,10-11,17H,6-9,12-13,22H2. The number of benzene rings is 2. The van der Waals surface area contributed by atoms with Gasteiger partial charge in [0.25, 0.3) is 0 Å². The van der Waals surface area contributed by atoms with Crippen LogP contribution in [0.4, 0.5) is 5.69 Å². The topological polar surface area (TPSA) is 38.5 Å². The molecular formula is C19H22Cl2N2O. The molecule has 2 aromatic carbocycles. The highest BCUT2D eigenvalue weighted by molar-refractivity contribution is 6.42. The lowest BCUT2D eigenvalue weighted by Crippen LogP contribution is -2.36. The summed E-state index contributed by atoms with van der Waals surface area (Å²) < 4.78 is 6.03. The van der Waals surface area contributed by atoms with Crippen LogP contribution in [0.2, 0.25) is 10.0 Å². The molecule has 0 atom stereocenters. The Morgan fingerprint density at radius 1 is 1.00 bits per heavy atom. The fourth-order valence-electron chi connectivity index (χ4n) is 3.03. The van der Waals surface area contributed by atoms with Gasteiger partial charge in [0, 0.05) is 25.3 Å². The Morgan fingerprint density at radius 2 is 1.79 bits per heavy atom. The van der Waals surface area contributed by atoms with Crippen LogP contribution >= 0.6 is 23.2 Å². The number of nitrogens with zero attached hydrogens (tertiary/aromatic N) is 1. The first-order valence-electron chi connectivity index (χ1n) is 8.22. The minimum absolute atomic E-state index is 0.302. The summed E-state index contributed by atoms with van der Waals surface area (Å²) in [6.07, 6.45) is 2.39. The summed E-state index contributed by atoms with van der Waals surface area (Å²) >= 11 is 12.0. The van der Waals surface area contributed by atoms with E-state index in [-0.39, 0.29) is 0 Å². The van der Waals surface area contributed by atoms with Gasteiger partial charge in [-0.2, -0.15) is 0 Å². The van der Waals surface area contributed by atoms with Crippen molar-refractivity contribution in [3.05, 3.63) is 63.6 Å². The van der Waals surface area contributed by atoms with Gasteiger partial charge in [-0.1, -0.05) is 41.4 Å². The lowest BCUT2D eigenvalue weighted by molar-refractivity contribution is -0.00393. The molecule has 24 heavy (non-hydrogen) atoms. The van der Waals surface area contributed by atoms with E-state index in [0.717, 1.165) is 43.7 Å². The van der Waals surface area contributed by atoms with E-state index in [9.17, 15) is 0 Å². The molecule has 1 fully saturated rings. The van der Waals surface area contributed by atoms with Crippen LogP contribution in [0.25, 0.3) is 0 Å². The van der Waals surface area contributed by atoms with Gasteiger partial charge < -0.3 is 10.5 Å². The highest BCUT2D eigenvalue weighted by atomic mass is 35.5. The molecule has 0 amide bonds. The summed E-state index contributed by atoms with van der Waals surface area (Å²) in [4.78, 5) is 2.45. The van der Waals surface area contributed by atoms with Gasteiger partial charge in [0.2, 0.25) is 0 Å². The number of piperidine rings is 1. The number of hydrogen-bond acceptors (Lipinski definition) is 3. The van der Waals surface area contributed by atoms with E-state index in [4.69, 9.17) is 33.7 Å². The van der Waals surface area contributed by atoms with Gasteiger partial charge in [-0.25, -0.2) is 0 Å². The predicted octanol–water partition coefficient (Wildman–Crippen LogP) is 4.76. The molecule has 1 aliphatic rings. The van der Waals surface area contributed by atoms with Crippen molar-refractivity contribution in [3.8, 4) is 0 Å². The Hall–Kier alpha value is -1.26. The number of nitrogens with two attached hydrogens (primary N) is 1. The van der Waals surface area contributed by atoms with Gasteiger partial charge in [0.05, 0.1) is 22.8 Å². The van der Waals surface area contributed by atoms with E-state index in [1.54, 1.807) is 0 Å². The molecule has 0 unspecified atom stereocenters. The van der Waals surface area contributed by atoms with Gasteiger partial charge in [0.15, 0.2) is 0 Å². The maximum Gasteiger partial charge on any atom is 0.0721 e. The molecule has 2 aromatic rings. The molecule has 1 heterocycles. The third-order valence-corrected chi connectivity index (χ3v) is 5.10. The van der Waals surface area contributed by atoms with Gasteiger partial charge in [-0.3, -0.25) is 4.90 Å². The highest BCUT2D eigenvalue weighted by Crippen LogP contribution is 2.24. The minimum Gasteiger partial charge on any atom is -0.399 e. The highest BCUT2D eigenvalue weighted by Gasteiger charge is 2.19. The van der Waals surface area contributed by atoms with Gasteiger partial charge in [-0.05, 0) is 48.2 Å². The number of halogens is 2. The van der Waals surface area contributed by atoms with Crippen LogP contribution in [0, 0.1) is 0 Å². The molecule has 0 saturated carbocycles. The van der Waals surface area contributed by atoms with Crippen LogP contribution in [0.15, 0.2) is 42.5 Å². The Labute approximate surface area is 153 Å². The van der Waals surface area contributed by atoms with Crippen molar-refractivity contribution in [1.82, 2.24) is 4.90 Å². The zero-order chi connectivity index (χ0) is 16.9. The monoisotopic (exact) mass is 364 g/mol. The van der Waals surface area contributed by atoms with Crippen LogP contribution in [-0.2, 0) is 17.9 Å². The van der Waals surface area contributed by atoms with Crippen LogP contribution < -0.4 is 5.73 Å². The third kappa shape index (κ3) is 4.87. The zero-order valence-electron chi connectivity index (χ0n) is 13.6. The molecule has 0 bridgehead atoms. The average Bonchev–Trinajstić information content (AvgIpc) is 2.57. The number of likely N-dealkylation sites (tertiary alicyclic amines) is 1. The van der Waals surface area contributed by atoms with Crippen molar-refractivity contribution in [2.45, 2.75) is 32.1 Å². The quantitative estimate of drug-likeness (QED) is 0.777. The molecule has 3 rings (SSSR count). The summed E-state index contributed by atoms with van der Waals surface area (Å²) in [7, 11) is 0. The second kappa shape index (κ2) is 8.21. The predicted molar refractivity (Wildman–Crippen MR) is 100 cm³/mol. The first-order chi connectivity index (χ1) is 11.6. The van der Waals surface area contributed by atoms with Crippen LogP contribution in [0.5, 0.6) is 0 Å². The first kappa shape index (κ1) is 17.6. The number of anilines is 1. The Morgan fingerprint density at radius 3 is 2.50 bits per heavy atom. The summed E-state index contributed by atoms with van der Waals surface area (Å²) in [5.74, 6) is 0. The van der Waals surface area contributed by atoms with Crippen LogP contribution in [0.1, 0.15) is 24.0 Å². The van der Waals surface area contributed by atoms with Crippen molar-refractivity contribution in [2.75, 3.05) is 18.8 Å². The lowest BCUT2D eigenvalue weighted by atomic mass is 10.1. The smallest absolute Gasteiger partial charge is 0.0721 e. The Balaban J connectivity index is 1.44. The zero-order valence-corrected chi connectivity index (χ0v) is 15.1. The Bertz CT molecular complexity index is 685. The molecule has 0 spiro atoms. The first-order valence-corrected chi connectivity index (χ1v) is 8.98. The molecule has 2 N–H and O–H groups in total. The van der Waals surface area contributed by atoms with E-state index in [1.807, 2.05) is 36.4 Å². The van der Waals surface area contributed by atoms with Crippen molar-refractivity contribution >= 4 is 28.9 Å². The largest absolute Gasteiger partial charge is 0.399 e. The number of ether oxygens (including phenoxy) is 1. The molecule has 1 aliphatic heterocycles. The lowest BCUT2D eigenvalue weighted by Gasteiger charge is -2.32. The van der Waals surface area contributed by atoms with Crippen LogP contribution in [-0.4, -0.2) is 24.1 Å². The normalized spacial score (nSPS) is 16.4. The van der Waals surface area contributed by atoms with Crippen molar-refractivity contribution in [2.24, 2.45) is 0 Å². The summed E-state index contributed by atoms with van der Waals surface area (Å²) in [6.45, 7) is 3.61. The molecule has 0 aliphatic carbocycles. The molecule has 0 radical (unpaired) electrons. The molecule has 0 aromatic heterocycles. The summed E-state index contributed by atoms with van der Waals surface area (Å²) in [5, 5.41) is 1.16. The van der Waals surface area contributed by atoms with E-state index < -0.39 is 0 Å². The van der Waals surface area contributed by atoms with E-state index in [2.05, 4.69) is 11.0 Å². The van der Waals surface area contributed by atoms with E-state index >= 15 is 0 Å². The fourth-order valence-corrected chi connectivity index (χ4v) is 3.35. The van der Waals surface area contributed by atoms with Gasteiger partial charge in [0.1, 0.15) is 0 Å². The maximum atomic E-state index is 6.04. The van der Waals surface area contributed by atoms with E-state index in [1.165, 1.54) is 5.56 Å². The number of rotatable bonds is 5. The SMILES string of the molecule is Nc1cccc(CN2CCC(OCc3ccc(Cl)c(Cl)c3)CC2)c1. The summed E-state index contributed by atoms with van der Waals surface area (Å²) in [5.41, 5.74) is 9.00. The molecule has 128 valence electrons. The second-order valence-corrected chi connectivity index (χ2v) is 7.09. The third-order valence-electron chi connectivity index (χ3n) is 4.36. The Kier molecular flexibility index (Phi) is 6.01. The number of hydrogen-bond donors (Lipinski definition) is 1. The van der Waals surface area contributed by atoms with Crippen LogP contribution in [0.3, 0.4) is 0 Å². The van der Waals surface area contributed by atoms with Gasteiger partial charge in [-0.15, -0.1) is 0 Å². The molecule has 1 saturated heterocycles. The summed E-state index contributed by atoms with van der Waals surface area (Å²) in [6, 6.07) is 13.8. The van der Waals surface area contributed by atoms with Crippen molar-refractivity contribution < 1.29 is 4.74 Å². The molecule has 3 nitrogen and oxygen atoms in total. The minimum atomic E-state index is 0.302. The van der Waals surface area contributed by atoms with Gasteiger partial charge >= 0.3 is 0 Å². The number of nitrogen functional groups attached to an aromatic ring is 1. The van der Waals surface area contributed by atoms with Crippen molar-refractivity contribution in [3.63, 3.8) is 0 Å². The average molecular weight is 365 g/mol. The maximum absolute atomic E-state index is 6.04. The molecule has 5 heteroatoms.